The van der Waals surface area contributed by atoms with Gasteiger partial charge in [-0.1, -0.05) is 47.5 Å². The van der Waals surface area contributed by atoms with Crippen LogP contribution >= 0.6 is 23.2 Å². The van der Waals surface area contributed by atoms with E-state index in [-0.39, 0.29) is 0 Å². The third-order valence-electron chi connectivity index (χ3n) is 4.28. The lowest BCUT2D eigenvalue weighted by atomic mass is 9.93. The molecule has 134 valence electrons. The fraction of sp³-hybridized carbons (Fsp3) is 0.150. The summed E-state index contributed by atoms with van der Waals surface area (Å²) < 4.78 is 13.4. The minimum Gasteiger partial charge on any atom is -0.386 e. The van der Waals surface area contributed by atoms with Crippen molar-refractivity contribution in [1.82, 2.24) is 4.98 Å². The molecule has 3 nitrogen and oxygen atoms in total. The summed E-state index contributed by atoms with van der Waals surface area (Å²) in [7, 11) is 0. The molecule has 2 aromatic carbocycles. The van der Waals surface area contributed by atoms with E-state index in [4.69, 9.17) is 28.9 Å². The summed E-state index contributed by atoms with van der Waals surface area (Å²) in [5.74, 6) is -0.396. The SMILES string of the molecule is Cc1cc([C@H](O)[C@H](N)c2ccc(Cl)c(Cl)c2)ccc1-c1cncc(F)c1. The number of aromatic nitrogens is 1. The van der Waals surface area contributed by atoms with E-state index >= 15 is 0 Å². The first-order chi connectivity index (χ1) is 12.4. The number of halogens is 3. The smallest absolute Gasteiger partial charge is 0.142 e. The zero-order valence-electron chi connectivity index (χ0n) is 14.0. The Morgan fingerprint density at radius 2 is 1.73 bits per heavy atom. The highest BCUT2D eigenvalue weighted by molar-refractivity contribution is 6.42. The average molecular weight is 391 g/mol. The zero-order chi connectivity index (χ0) is 18.8. The first-order valence-electron chi connectivity index (χ1n) is 7.97. The summed E-state index contributed by atoms with van der Waals surface area (Å²) in [4.78, 5) is 3.87. The second-order valence-corrected chi connectivity index (χ2v) is 6.92. The van der Waals surface area contributed by atoms with E-state index in [1.54, 1.807) is 30.5 Å². The number of rotatable bonds is 4. The van der Waals surface area contributed by atoms with E-state index in [1.807, 2.05) is 19.1 Å². The Kier molecular flexibility index (Phi) is 5.58. The van der Waals surface area contributed by atoms with E-state index < -0.39 is 18.0 Å². The molecule has 6 heteroatoms. The van der Waals surface area contributed by atoms with Crippen molar-refractivity contribution < 1.29 is 9.50 Å². The van der Waals surface area contributed by atoms with Crippen molar-refractivity contribution in [2.75, 3.05) is 0 Å². The quantitative estimate of drug-likeness (QED) is 0.640. The van der Waals surface area contributed by atoms with Crippen LogP contribution in [-0.2, 0) is 0 Å². The molecule has 0 saturated carbocycles. The van der Waals surface area contributed by atoms with Gasteiger partial charge in [-0.15, -0.1) is 0 Å². The van der Waals surface area contributed by atoms with Crippen LogP contribution in [-0.4, -0.2) is 10.1 Å². The second kappa shape index (κ2) is 7.72. The number of aliphatic hydroxyl groups is 1. The van der Waals surface area contributed by atoms with Crippen LogP contribution in [0.15, 0.2) is 54.9 Å². The summed E-state index contributed by atoms with van der Waals surface area (Å²) in [6, 6.07) is 11.2. The van der Waals surface area contributed by atoms with Gasteiger partial charge in [0.1, 0.15) is 5.82 Å². The molecular weight excluding hydrogens is 374 g/mol. The number of hydrogen-bond acceptors (Lipinski definition) is 3. The van der Waals surface area contributed by atoms with Gasteiger partial charge in [0.2, 0.25) is 0 Å². The fourth-order valence-electron chi connectivity index (χ4n) is 2.86. The number of nitrogens with zero attached hydrogens (tertiary/aromatic N) is 1. The van der Waals surface area contributed by atoms with Crippen molar-refractivity contribution >= 4 is 23.2 Å². The van der Waals surface area contributed by atoms with Gasteiger partial charge in [-0.2, -0.15) is 0 Å². The van der Waals surface area contributed by atoms with Crippen molar-refractivity contribution in [2.45, 2.75) is 19.1 Å². The van der Waals surface area contributed by atoms with Crippen molar-refractivity contribution in [3.05, 3.63) is 87.4 Å². The average Bonchev–Trinajstić information content (AvgIpc) is 2.62. The maximum atomic E-state index is 13.4. The van der Waals surface area contributed by atoms with Crippen LogP contribution in [0.25, 0.3) is 11.1 Å². The Labute approximate surface area is 161 Å². The molecule has 0 unspecified atom stereocenters. The molecule has 26 heavy (non-hydrogen) atoms. The van der Waals surface area contributed by atoms with Gasteiger partial charge in [0.15, 0.2) is 0 Å². The van der Waals surface area contributed by atoms with Gasteiger partial charge in [0, 0.05) is 11.8 Å². The number of aliphatic hydroxyl groups excluding tert-OH is 1. The highest BCUT2D eigenvalue weighted by Crippen LogP contribution is 2.33. The lowest BCUT2D eigenvalue weighted by Gasteiger charge is -2.21. The monoisotopic (exact) mass is 390 g/mol. The van der Waals surface area contributed by atoms with Crippen LogP contribution in [0, 0.1) is 12.7 Å². The Morgan fingerprint density at radius 1 is 1.00 bits per heavy atom. The highest BCUT2D eigenvalue weighted by Gasteiger charge is 2.20. The molecule has 2 atom stereocenters. The third kappa shape index (κ3) is 3.89. The van der Waals surface area contributed by atoms with Gasteiger partial charge in [-0.3, -0.25) is 4.98 Å². The molecule has 3 aromatic rings. The van der Waals surface area contributed by atoms with Crippen molar-refractivity contribution in [3.8, 4) is 11.1 Å². The number of aryl methyl sites for hydroxylation is 1. The van der Waals surface area contributed by atoms with Gasteiger partial charge in [0.05, 0.1) is 28.4 Å². The minimum absolute atomic E-state index is 0.386. The Balaban J connectivity index is 1.89. The fourth-order valence-corrected chi connectivity index (χ4v) is 3.17. The van der Waals surface area contributed by atoms with Gasteiger partial charge in [-0.25, -0.2) is 4.39 Å². The lowest BCUT2D eigenvalue weighted by Crippen LogP contribution is -2.19. The molecule has 0 aliphatic rings. The number of pyridine rings is 1. The molecule has 0 fully saturated rings. The van der Waals surface area contributed by atoms with Gasteiger partial charge < -0.3 is 10.8 Å². The maximum Gasteiger partial charge on any atom is 0.142 e. The standard InChI is InChI=1S/C20H17Cl2FN2O/c1-11-6-13(2-4-16(11)14-7-15(23)10-25-9-14)20(26)19(24)12-3-5-17(21)18(22)8-12/h2-10,19-20,26H,24H2,1H3/t19-,20+/m1/s1. The number of nitrogens with two attached hydrogens (primary N) is 1. The maximum absolute atomic E-state index is 13.4. The van der Waals surface area contributed by atoms with Crippen molar-refractivity contribution in [2.24, 2.45) is 5.73 Å². The van der Waals surface area contributed by atoms with Crippen molar-refractivity contribution in [1.29, 1.82) is 0 Å². The first kappa shape index (κ1) is 18.8. The molecule has 3 rings (SSSR count). The predicted octanol–water partition coefficient (Wildman–Crippen LogP) is 5.24. The first-order valence-corrected chi connectivity index (χ1v) is 8.72. The van der Waals surface area contributed by atoms with Gasteiger partial charge in [-0.05, 0) is 47.4 Å². The number of benzene rings is 2. The molecule has 0 saturated heterocycles. The van der Waals surface area contributed by atoms with Crippen LogP contribution in [0.5, 0.6) is 0 Å². The van der Waals surface area contributed by atoms with E-state index in [1.165, 1.54) is 6.07 Å². The molecule has 0 bridgehead atoms. The zero-order valence-corrected chi connectivity index (χ0v) is 15.5. The van der Waals surface area contributed by atoms with Crippen LogP contribution in [0.1, 0.15) is 28.8 Å². The Hall–Kier alpha value is -1.98. The number of hydrogen-bond donors (Lipinski definition) is 2. The molecule has 0 aliphatic heterocycles. The molecular formula is C20H17Cl2FN2O. The largest absolute Gasteiger partial charge is 0.386 e. The summed E-state index contributed by atoms with van der Waals surface area (Å²) in [5.41, 5.74) is 9.95. The van der Waals surface area contributed by atoms with E-state index in [9.17, 15) is 9.50 Å². The highest BCUT2D eigenvalue weighted by atomic mass is 35.5. The molecule has 0 radical (unpaired) electrons. The molecule has 0 spiro atoms. The summed E-state index contributed by atoms with van der Waals surface area (Å²) in [5, 5.41) is 11.5. The Morgan fingerprint density at radius 3 is 2.38 bits per heavy atom. The van der Waals surface area contributed by atoms with Crippen LogP contribution < -0.4 is 5.73 Å². The molecule has 0 aliphatic carbocycles. The summed E-state index contributed by atoms with van der Waals surface area (Å²) >= 11 is 12.0. The molecule has 1 aromatic heterocycles. The van der Waals surface area contributed by atoms with Crippen LogP contribution in [0.4, 0.5) is 4.39 Å². The van der Waals surface area contributed by atoms with E-state index in [0.29, 0.717) is 26.7 Å². The topological polar surface area (TPSA) is 59.1 Å². The van der Waals surface area contributed by atoms with Gasteiger partial charge >= 0.3 is 0 Å². The second-order valence-electron chi connectivity index (χ2n) is 6.11. The Bertz CT molecular complexity index is 949. The normalized spacial score (nSPS) is 13.5. The van der Waals surface area contributed by atoms with Gasteiger partial charge in [0.25, 0.3) is 0 Å². The van der Waals surface area contributed by atoms with Crippen LogP contribution in [0.3, 0.4) is 0 Å². The summed E-state index contributed by atoms with van der Waals surface area (Å²) in [6.07, 6.45) is 1.83. The molecule has 0 amide bonds. The van der Waals surface area contributed by atoms with Crippen LogP contribution in [0.2, 0.25) is 10.0 Å². The summed E-state index contributed by atoms with van der Waals surface area (Å²) in [6.45, 7) is 1.89. The van der Waals surface area contributed by atoms with E-state index in [0.717, 1.165) is 17.3 Å². The molecule has 3 N–H and O–H groups in total. The van der Waals surface area contributed by atoms with Crippen molar-refractivity contribution in [3.63, 3.8) is 0 Å². The van der Waals surface area contributed by atoms with E-state index in [2.05, 4.69) is 4.98 Å². The predicted molar refractivity (Wildman–Crippen MR) is 103 cm³/mol. The third-order valence-corrected chi connectivity index (χ3v) is 5.02. The lowest BCUT2D eigenvalue weighted by molar-refractivity contribution is 0.147. The molecule has 1 heterocycles. The minimum atomic E-state index is -0.925.